The number of aryl methyl sites for hydroxylation is 1. The number of ether oxygens (including phenoxy) is 1. The molecule has 0 saturated carbocycles. The molecule has 0 aliphatic rings. The summed E-state index contributed by atoms with van der Waals surface area (Å²) in [5.74, 6) is -0.381. The van der Waals surface area contributed by atoms with Crippen LogP contribution in [0.4, 0.5) is 5.00 Å². The maximum atomic E-state index is 12.5. The topological polar surface area (TPSA) is 38.7 Å². The van der Waals surface area contributed by atoms with Gasteiger partial charge < -0.3 is 4.74 Å². The van der Waals surface area contributed by atoms with Crippen LogP contribution in [0.3, 0.4) is 0 Å². The molecular formula is C19H16ClNO2S2. The molecule has 0 aliphatic heterocycles. The van der Waals surface area contributed by atoms with Gasteiger partial charge in [0.05, 0.1) is 6.61 Å². The molecule has 1 aromatic carbocycles. The van der Waals surface area contributed by atoms with E-state index in [-0.39, 0.29) is 5.97 Å². The summed E-state index contributed by atoms with van der Waals surface area (Å²) in [6.45, 7) is 4.15. The first-order valence-electron chi connectivity index (χ1n) is 7.74. The van der Waals surface area contributed by atoms with Crippen LogP contribution in [0, 0.1) is 6.92 Å². The van der Waals surface area contributed by atoms with Crippen LogP contribution in [0.2, 0.25) is 5.02 Å². The molecule has 0 radical (unpaired) electrons. The molecule has 0 aliphatic carbocycles. The maximum absolute atomic E-state index is 12.5. The molecule has 3 nitrogen and oxygen atoms in total. The van der Waals surface area contributed by atoms with Crippen molar-refractivity contribution in [1.29, 1.82) is 0 Å². The third kappa shape index (κ3) is 4.00. The monoisotopic (exact) mass is 389 g/mol. The van der Waals surface area contributed by atoms with Crippen LogP contribution in [-0.2, 0) is 4.74 Å². The number of hydrogen-bond donors (Lipinski definition) is 0. The van der Waals surface area contributed by atoms with E-state index in [0.717, 1.165) is 16.0 Å². The number of halogens is 1. The van der Waals surface area contributed by atoms with Crippen LogP contribution in [-0.4, -0.2) is 18.8 Å². The van der Waals surface area contributed by atoms with Crippen LogP contribution in [0.1, 0.15) is 27.0 Å². The van der Waals surface area contributed by atoms with Gasteiger partial charge in [-0.3, -0.25) is 0 Å². The molecule has 25 heavy (non-hydrogen) atoms. The van der Waals surface area contributed by atoms with Crippen molar-refractivity contribution in [3.8, 4) is 11.1 Å². The number of rotatable bonds is 5. The van der Waals surface area contributed by atoms with Crippen LogP contribution < -0.4 is 0 Å². The van der Waals surface area contributed by atoms with Gasteiger partial charge in [-0.05, 0) is 32.0 Å². The van der Waals surface area contributed by atoms with Crippen LogP contribution in [0.15, 0.2) is 46.8 Å². The average Bonchev–Trinajstić information content (AvgIpc) is 3.19. The number of benzene rings is 1. The summed E-state index contributed by atoms with van der Waals surface area (Å²) in [4.78, 5) is 19.3. The Bertz CT molecular complexity index is 927. The van der Waals surface area contributed by atoms with Gasteiger partial charge in [0.1, 0.15) is 10.6 Å². The number of aliphatic imine (C=N–C) groups is 1. The van der Waals surface area contributed by atoms with E-state index in [1.807, 2.05) is 42.6 Å². The van der Waals surface area contributed by atoms with Gasteiger partial charge in [0, 0.05) is 37.5 Å². The second-order valence-corrected chi connectivity index (χ2v) is 7.82. The average molecular weight is 390 g/mol. The Morgan fingerprint density at radius 3 is 2.72 bits per heavy atom. The Morgan fingerprint density at radius 1 is 1.24 bits per heavy atom. The summed E-state index contributed by atoms with van der Waals surface area (Å²) < 4.78 is 5.24. The third-order valence-corrected chi connectivity index (χ3v) is 5.64. The summed E-state index contributed by atoms with van der Waals surface area (Å²) in [5, 5.41) is 3.12. The van der Waals surface area contributed by atoms with E-state index in [9.17, 15) is 4.79 Å². The fourth-order valence-electron chi connectivity index (χ4n) is 2.37. The zero-order valence-corrected chi connectivity index (χ0v) is 16.2. The molecule has 128 valence electrons. The first-order valence-corrected chi connectivity index (χ1v) is 9.81. The van der Waals surface area contributed by atoms with Crippen molar-refractivity contribution >= 4 is 51.5 Å². The highest BCUT2D eigenvalue weighted by Crippen LogP contribution is 2.40. The summed E-state index contributed by atoms with van der Waals surface area (Å²) in [7, 11) is 0. The minimum absolute atomic E-state index is 0.309. The Hall–Kier alpha value is -1.95. The Kier molecular flexibility index (Phi) is 5.68. The fraction of sp³-hybridized carbons (Fsp3) is 0.158. The van der Waals surface area contributed by atoms with Crippen molar-refractivity contribution in [2.45, 2.75) is 13.8 Å². The number of carbonyl (C=O) groups excluding carboxylic acids is 1. The van der Waals surface area contributed by atoms with E-state index in [1.54, 1.807) is 30.5 Å². The highest BCUT2D eigenvalue weighted by molar-refractivity contribution is 7.15. The van der Waals surface area contributed by atoms with Crippen molar-refractivity contribution < 1.29 is 9.53 Å². The molecule has 2 heterocycles. The molecule has 0 unspecified atom stereocenters. The molecule has 0 fully saturated rings. The zero-order valence-electron chi connectivity index (χ0n) is 13.8. The second-order valence-electron chi connectivity index (χ2n) is 5.24. The normalized spacial score (nSPS) is 11.2. The van der Waals surface area contributed by atoms with Gasteiger partial charge >= 0.3 is 5.97 Å². The predicted molar refractivity (Wildman–Crippen MR) is 107 cm³/mol. The minimum atomic E-state index is -0.381. The lowest BCUT2D eigenvalue weighted by Crippen LogP contribution is -2.05. The molecule has 6 heteroatoms. The number of hydrogen-bond acceptors (Lipinski definition) is 5. The summed E-state index contributed by atoms with van der Waals surface area (Å²) >= 11 is 9.38. The zero-order chi connectivity index (χ0) is 17.8. The largest absolute Gasteiger partial charge is 0.462 e. The Labute approximate surface area is 159 Å². The molecule has 3 aromatic rings. The number of nitrogens with zero attached hydrogens (tertiary/aromatic N) is 1. The van der Waals surface area contributed by atoms with Crippen molar-refractivity contribution in [2.75, 3.05) is 6.61 Å². The first-order chi connectivity index (χ1) is 12.1. The maximum Gasteiger partial charge on any atom is 0.341 e. The molecule has 3 rings (SSSR count). The fourth-order valence-corrected chi connectivity index (χ4v) is 4.25. The SMILES string of the molecule is CCOC(=O)c1c(-c2ccccc2Cl)csc1N=Cc1ccc(C)s1. The Morgan fingerprint density at radius 2 is 2.04 bits per heavy atom. The summed E-state index contributed by atoms with van der Waals surface area (Å²) in [6.07, 6.45) is 1.78. The van der Waals surface area contributed by atoms with E-state index >= 15 is 0 Å². The van der Waals surface area contributed by atoms with Gasteiger partial charge in [0.2, 0.25) is 0 Å². The minimum Gasteiger partial charge on any atom is -0.462 e. The van der Waals surface area contributed by atoms with E-state index < -0.39 is 0 Å². The van der Waals surface area contributed by atoms with Crippen LogP contribution in [0.5, 0.6) is 0 Å². The molecule has 0 amide bonds. The lowest BCUT2D eigenvalue weighted by molar-refractivity contribution is 0.0529. The summed E-state index contributed by atoms with van der Waals surface area (Å²) in [6, 6.07) is 11.5. The predicted octanol–water partition coefficient (Wildman–Crippen LogP) is 6.37. The van der Waals surface area contributed by atoms with E-state index in [2.05, 4.69) is 4.99 Å². The van der Waals surface area contributed by atoms with Crippen molar-refractivity contribution in [1.82, 2.24) is 0 Å². The highest BCUT2D eigenvalue weighted by atomic mass is 35.5. The van der Waals surface area contributed by atoms with Crippen molar-refractivity contribution in [2.24, 2.45) is 4.99 Å². The van der Waals surface area contributed by atoms with Crippen molar-refractivity contribution in [3.05, 3.63) is 62.1 Å². The lowest BCUT2D eigenvalue weighted by atomic mass is 10.0. The quantitative estimate of drug-likeness (QED) is 0.376. The van der Waals surface area contributed by atoms with Crippen LogP contribution >= 0.6 is 34.3 Å². The van der Waals surface area contributed by atoms with Gasteiger partial charge in [-0.2, -0.15) is 0 Å². The molecule has 0 atom stereocenters. The molecule has 0 spiro atoms. The number of esters is 1. The lowest BCUT2D eigenvalue weighted by Gasteiger charge is -2.07. The standard InChI is InChI=1S/C19H16ClNO2S2/c1-3-23-19(22)17-15(14-6-4-5-7-16(14)20)11-24-18(17)21-10-13-9-8-12(2)25-13/h4-11H,3H2,1-2H3. The highest BCUT2D eigenvalue weighted by Gasteiger charge is 2.22. The third-order valence-electron chi connectivity index (χ3n) is 3.49. The van der Waals surface area contributed by atoms with Gasteiger partial charge in [0.15, 0.2) is 0 Å². The summed E-state index contributed by atoms with van der Waals surface area (Å²) in [5.41, 5.74) is 2.02. The van der Waals surface area contributed by atoms with Gasteiger partial charge in [-0.1, -0.05) is 29.8 Å². The van der Waals surface area contributed by atoms with E-state index in [0.29, 0.717) is 22.2 Å². The molecule has 0 N–H and O–H groups in total. The molecule has 0 bridgehead atoms. The molecular weight excluding hydrogens is 374 g/mol. The second kappa shape index (κ2) is 7.95. The van der Waals surface area contributed by atoms with Crippen molar-refractivity contribution in [3.63, 3.8) is 0 Å². The molecule has 2 aromatic heterocycles. The van der Waals surface area contributed by atoms with E-state index in [1.165, 1.54) is 16.2 Å². The van der Waals surface area contributed by atoms with Gasteiger partial charge in [-0.25, -0.2) is 9.79 Å². The number of thiophene rings is 2. The van der Waals surface area contributed by atoms with Crippen LogP contribution in [0.25, 0.3) is 11.1 Å². The number of carbonyl (C=O) groups is 1. The first kappa shape index (κ1) is 17.9. The van der Waals surface area contributed by atoms with Gasteiger partial charge in [0.25, 0.3) is 0 Å². The smallest absolute Gasteiger partial charge is 0.341 e. The van der Waals surface area contributed by atoms with Gasteiger partial charge in [-0.15, -0.1) is 22.7 Å². The Balaban J connectivity index is 2.05. The van der Waals surface area contributed by atoms with E-state index in [4.69, 9.17) is 16.3 Å². The molecule has 0 saturated heterocycles.